The number of hydrogen-bond donors (Lipinski definition) is 3. The fraction of sp³-hybridized carbons (Fsp3) is 0.387. The second-order valence-corrected chi connectivity index (χ2v) is 12.7. The molecular formula is C31H37N7O3S. The highest BCUT2D eigenvalue weighted by atomic mass is 32.1. The summed E-state index contributed by atoms with van der Waals surface area (Å²) in [6, 6.07) is 13.4. The van der Waals surface area contributed by atoms with Crippen molar-refractivity contribution in [2.24, 2.45) is 5.92 Å². The number of ether oxygens (including phenoxy) is 1. The maximum absolute atomic E-state index is 13.0. The van der Waals surface area contributed by atoms with Gasteiger partial charge in [0.15, 0.2) is 5.13 Å². The van der Waals surface area contributed by atoms with Crippen molar-refractivity contribution in [1.29, 1.82) is 0 Å². The van der Waals surface area contributed by atoms with Gasteiger partial charge in [0.25, 0.3) is 0 Å². The number of carbonyl (C=O) groups excluding carboxylic acids is 2. The van der Waals surface area contributed by atoms with Gasteiger partial charge in [0.1, 0.15) is 11.6 Å². The van der Waals surface area contributed by atoms with E-state index < -0.39 is 0 Å². The summed E-state index contributed by atoms with van der Waals surface area (Å²) in [5, 5.41) is 14.0. The molecule has 4 aromatic rings. The predicted octanol–water partition coefficient (Wildman–Crippen LogP) is 6.12. The largest absolute Gasteiger partial charge is 0.381 e. The Morgan fingerprint density at radius 3 is 2.50 bits per heavy atom. The average molecular weight is 588 g/mol. The zero-order chi connectivity index (χ0) is 29.7. The molecule has 42 heavy (non-hydrogen) atoms. The molecule has 3 amide bonds. The van der Waals surface area contributed by atoms with Crippen molar-refractivity contribution in [3.05, 3.63) is 76.6 Å². The van der Waals surface area contributed by atoms with E-state index in [-0.39, 0.29) is 23.3 Å². The quantitative estimate of drug-likeness (QED) is 0.228. The van der Waals surface area contributed by atoms with Gasteiger partial charge in [0.2, 0.25) is 5.91 Å². The summed E-state index contributed by atoms with van der Waals surface area (Å²) in [7, 11) is 0. The fourth-order valence-corrected chi connectivity index (χ4v) is 5.41. The summed E-state index contributed by atoms with van der Waals surface area (Å²) < 4.78 is 7.10. The summed E-state index contributed by atoms with van der Waals surface area (Å²) >= 11 is 1.43. The highest BCUT2D eigenvalue weighted by Crippen LogP contribution is 2.27. The first-order chi connectivity index (χ1) is 20.1. The molecule has 1 aromatic carbocycles. The molecule has 10 nitrogen and oxygen atoms in total. The third-order valence-electron chi connectivity index (χ3n) is 7.10. The van der Waals surface area contributed by atoms with Gasteiger partial charge in [-0.15, -0.1) is 11.3 Å². The lowest BCUT2D eigenvalue weighted by atomic mass is 9.92. The molecule has 0 radical (unpaired) electrons. The number of pyridine rings is 1. The van der Waals surface area contributed by atoms with Crippen LogP contribution in [0.25, 0.3) is 5.69 Å². The van der Waals surface area contributed by atoms with E-state index in [0.29, 0.717) is 30.0 Å². The summed E-state index contributed by atoms with van der Waals surface area (Å²) in [4.78, 5) is 35.3. The van der Waals surface area contributed by atoms with E-state index in [1.165, 1.54) is 11.3 Å². The number of anilines is 3. The van der Waals surface area contributed by atoms with Crippen LogP contribution >= 0.6 is 11.3 Å². The van der Waals surface area contributed by atoms with Crippen LogP contribution in [0.4, 0.5) is 21.6 Å². The number of hydrogen-bond acceptors (Lipinski definition) is 7. The van der Waals surface area contributed by atoms with Crippen LogP contribution in [-0.2, 0) is 27.8 Å². The Morgan fingerprint density at radius 1 is 1.00 bits per heavy atom. The lowest BCUT2D eigenvalue weighted by molar-refractivity contribution is -0.122. The summed E-state index contributed by atoms with van der Waals surface area (Å²) in [5.41, 5.74) is 3.77. The van der Waals surface area contributed by atoms with Crippen LogP contribution in [0.2, 0.25) is 0 Å². The number of urea groups is 1. The molecule has 1 fully saturated rings. The van der Waals surface area contributed by atoms with Crippen LogP contribution in [0.15, 0.2) is 54.9 Å². The van der Waals surface area contributed by atoms with Crippen molar-refractivity contribution in [2.45, 2.75) is 58.8 Å². The third-order valence-corrected chi connectivity index (χ3v) is 8.07. The molecule has 0 atom stereocenters. The van der Waals surface area contributed by atoms with E-state index in [9.17, 15) is 9.59 Å². The minimum atomic E-state index is -0.385. The second kappa shape index (κ2) is 12.8. The van der Waals surface area contributed by atoms with Gasteiger partial charge >= 0.3 is 6.03 Å². The SMILES string of the molecule is Cc1ccc(-n2nc(C(C)(C)C)cc2NC(=O)Nc2ncc(CCc3ccnc(NC(=O)C4CCOCC4)c3)s2)cc1. The Kier molecular flexibility index (Phi) is 8.98. The second-order valence-electron chi connectivity index (χ2n) is 11.5. The first kappa shape index (κ1) is 29.4. The Bertz CT molecular complexity index is 1530. The minimum Gasteiger partial charge on any atom is -0.381 e. The zero-order valence-electron chi connectivity index (χ0n) is 24.4. The van der Waals surface area contributed by atoms with Gasteiger partial charge in [-0.3, -0.25) is 15.4 Å². The number of benzene rings is 1. The molecular weight excluding hydrogens is 550 g/mol. The first-order valence-corrected chi connectivity index (χ1v) is 15.0. The molecule has 3 aromatic heterocycles. The van der Waals surface area contributed by atoms with Gasteiger partial charge in [-0.1, -0.05) is 38.5 Å². The molecule has 0 bridgehead atoms. The lowest BCUT2D eigenvalue weighted by Crippen LogP contribution is -2.28. The van der Waals surface area contributed by atoms with E-state index in [0.717, 1.165) is 53.1 Å². The maximum atomic E-state index is 13.0. The summed E-state index contributed by atoms with van der Waals surface area (Å²) in [6.45, 7) is 9.54. The van der Waals surface area contributed by atoms with Gasteiger partial charge in [-0.2, -0.15) is 5.10 Å². The van der Waals surface area contributed by atoms with E-state index >= 15 is 0 Å². The van der Waals surface area contributed by atoms with Crippen LogP contribution in [0, 0.1) is 12.8 Å². The van der Waals surface area contributed by atoms with Crippen LogP contribution in [0.1, 0.15) is 55.3 Å². The van der Waals surface area contributed by atoms with Gasteiger partial charge in [0.05, 0.1) is 11.4 Å². The normalized spacial score (nSPS) is 14.0. The standard InChI is InChI=1S/C31H37N7O3S/c1-20-5-8-23(9-6-20)38-27(18-25(37-38)31(2,3)4)35-29(40)36-30-33-19-24(42-30)10-7-21-11-14-32-26(17-21)34-28(39)22-12-15-41-16-13-22/h5-6,8-9,11,14,17-19,22H,7,10,12-13,15-16H2,1-4H3,(H,32,34,39)(H2,33,35,36,40). The van der Waals surface area contributed by atoms with Crippen molar-refractivity contribution in [3.63, 3.8) is 0 Å². The van der Waals surface area contributed by atoms with Crippen molar-refractivity contribution in [3.8, 4) is 5.69 Å². The highest BCUT2D eigenvalue weighted by Gasteiger charge is 2.23. The summed E-state index contributed by atoms with van der Waals surface area (Å²) in [6.07, 6.45) is 6.46. The van der Waals surface area contributed by atoms with Crippen LogP contribution < -0.4 is 16.0 Å². The topological polar surface area (TPSA) is 123 Å². The fourth-order valence-electron chi connectivity index (χ4n) is 4.60. The highest BCUT2D eigenvalue weighted by molar-refractivity contribution is 7.15. The molecule has 0 aliphatic carbocycles. The van der Waals surface area contributed by atoms with Crippen LogP contribution in [-0.4, -0.2) is 44.9 Å². The monoisotopic (exact) mass is 587 g/mol. The zero-order valence-corrected chi connectivity index (χ0v) is 25.3. The molecule has 1 saturated heterocycles. The van der Waals surface area contributed by atoms with Gasteiger partial charge in [-0.25, -0.2) is 19.4 Å². The number of aromatic nitrogens is 4. The Balaban J connectivity index is 1.18. The molecule has 220 valence electrons. The number of nitrogens with zero attached hydrogens (tertiary/aromatic N) is 4. The van der Waals surface area contributed by atoms with E-state index in [2.05, 4.69) is 46.7 Å². The molecule has 1 aliphatic heterocycles. The number of aryl methyl sites for hydroxylation is 3. The number of carbonyl (C=O) groups is 2. The number of rotatable bonds is 8. The molecule has 0 unspecified atom stereocenters. The average Bonchev–Trinajstić information content (AvgIpc) is 3.60. The van der Waals surface area contributed by atoms with E-state index in [4.69, 9.17) is 9.84 Å². The van der Waals surface area contributed by atoms with Crippen LogP contribution in [0.5, 0.6) is 0 Å². The first-order valence-electron chi connectivity index (χ1n) is 14.2. The molecule has 11 heteroatoms. The number of amides is 3. The minimum absolute atomic E-state index is 0.00375. The Morgan fingerprint density at radius 2 is 1.76 bits per heavy atom. The third kappa shape index (κ3) is 7.59. The van der Waals surface area contributed by atoms with Crippen molar-refractivity contribution >= 4 is 40.0 Å². The predicted molar refractivity (Wildman–Crippen MR) is 166 cm³/mol. The van der Waals surface area contributed by atoms with Crippen LogP contribution in [0.3, 0.4) is 0 Å². The number of nitrogens with one attached hydrogen (secondary N) is 3. The van der Waals surface area contributed by atoms with Crippen molar-refractivity contribution in [1.82, 2.24) is 19.7 Å². The Hall–Kier alpha value is -4.09. The van der Waals surface area contributed by atoms with Gasteiger partial charge in [0, 0.05) is 47.9 Å². The lowest BCUT2D eigenvalue weighted by Gasteiger charge is -2.21. The van der Waals surface area contributed by atoms with E-state index in [1.54, 1.807) is 17.1 Å². The molecule has 1 aliphatic rings. The van der Waals surface area contributed by atoms with Gasteiger partial charge in [-0.05, 0) is 62.4 Å². The van der Waals surface area contributed by atoms with Crippen molar-refractivity contribution < 1.29 is 14.3 Å². The van der Waals surface area contributed by atoms with Crippen molar-refractivity contribution in [2.75, 3.05) is 29.2 Å². The molecule has 4 heterocycles. The molecule has 0 saturated carbocycles. The van der Waals surface area contributed by atoms with E-state index in [1.807, 2.05) is 49.4 Å². The molecule has 5 rings (SSSR count). The smallest absolute Gasteiger partial charge is 0.326 e. The number of thiazole rings is 1. The maximum Gasteiger partial charge on any atom is 0.326 e. The Labute approximate surface area is 249 Å². The summed E-state index contributed by atoms with van der Waals surface area (Å²) in [5.74, 6) is 1.10. The van der Waals surface area contributed by atoms with Gasteiger partial charge < -0.3 is 10.1 Å². The molecule has 3 N–H and O–H groups in total. The molecule has 0 spiro atoms.